The van der Waals surface area contributed by atoms with Crippen LogP contribution in [-0.4, -0.2) is 20.1 Å². The first kappa shape index (κ1) is 24.3. The molecule has 0 aliphatic carbocycles. The molecule has 0 bridgehead atoms. The number of fused-ring (bicyclic) bond motifs is 1. The number of rotatable bonds is 4. The molecule has 1 N–H and O–H groups in total. The topological polar surface area (TPSA) is 58.3 Å². The lowest BCUT2D eigenvalue weighted by Gasteiger charge is -2.16. The molecule has 5 nitrogen and oxygen atoms in total. The lowest BCUT2D eigenvalue weighted by Crippen LogP contribution is -2.38. The zero-order chi connectivity index (χ0) is 26.4. The van der Waals surface area contributed by atoms with Crippen molar-refractivity contribution in [3.05, 3.63) is 95.8 Å². The van der Waals surface area contributed by atoms with Crippen molar-refractivity contribution >= 4 is 11.0 Å². The summed E-state index contributed by atoms with van der Waals surface area (Å²) in [5.41, 5.74) is -1.37. The Bertz CT molecular complexity index is 1590. The Morgan fingerprint density at radius 2 is 1.62 bits per heavy atom. The van der Waals surface area contributed by atoms with Crippen molar-refractivity contribution in [3.8, 4) is 22.5 Å². The van der Waals surface area contributed by atoms with Crippen LogP contribution in [0.3, 0.4) is 0 Å². The maximum atomic E-state index is 14.1. The van der Waals surface area contributed by atoms with Crippen LogP contribution in [0.4, 0.5) is 30.7 Å². The fourth-order valence-electron chi connectivity index (χ4n) is 3.83. The van der Waals surface area contributed by atoms with Gasteiger partial charge in [0, 0.05) is 11.8 Å². The van der Waals surface area contributed by atoms with Crippen molar-refractivity contribution in [2.24, 2.45) is 0 Å². The molecule has 37 heavy (non-hydrogen) atoms. The van der Waals surface area contributed by atoms with Crippen molar-refractivity contribution in [3.63, 3.8) is 0 Å². The third-order valence-electron chi connectivity index (χ3n) is 5.61. The summed E-state index contributed by atoms with van der Waals surface area (Å²) in [6, 6.07) is 10.5. The highest BCUT2D eigenvalue weighted by Gasteiger charge is 2.38. The lowest BCUT2D eigenvalue weighted by atomic mass is 9.98. The van der Waals surface area contributed by atoms with Gasteiger partial charge >= 0.3 is 12.4 Å². The van der Waals surface area contributed by atoms with Crippen LogP contribution in [0.25, 0.3) is 33.5 Å². The summed E-state index contributed by atoms with van der Waals surface area (Å²) in [7, 11) is 0. The molecular formula is C25H15F7N5+. The average molecular weight is 518 g/mol. The van der Waals surface area contributed by atoms with E-state index in [2.05, 4.69) is 20.1 Å². The fourth-order valence-corrected chi connectivity index (χ4v) is 3.83. The Morgan fingerprint density at radius 3 is 2.30 bits per heavy atom. The van der Waals surface area contributed by atoms with Crippen LogP contribution in [0.5, 0.6) is 0 Å². The van der Waals surface area contributed by atoms with Crippen LogP contribution in [0.1, 0.15) is 16.8 Å². The minimum Gasteiger partial charge on any atom is -0.333 e. The van der Waals surface area contributed by atoms with E-state index in [1.807, 2.05) is 0 Å². The highest BCUT2D eigenvalue weighted by atomic mass is 19.4. The smallest absolute Gasteiger partial charge is 0.333 e. The number of hydrogen-bond acceptors (Lipinski definition) is 3. The van der Waals surface area contributed by atoms with Gasteiger partial charge in [-0.3, -0.25) is 4.98 Å². The average Bonchev–Trinajstić information content (AvgIpc) is 3.26. The molecule has 12 heteroatoms. The van der Waals surface area contributed by atoms with E-state index in [1.165, 1.54) is 35.3 Å². The largest absolute Gasteiger partial charge is 0.417 e. The molecule has 0 unspecified atom stereocenters. The number of hydrogen-bond donors (Lipinski definition) is 1. The molecule has 0 saturated heterocycles. The van der Waals surface area contributed by atoms with Crippen LogP contribution < -0.4 is 4.68 Å². The van der Waals surface area contributed by atoms with Gasteiger partial charge in [-0.2, -0.15) is 26.3 Å². The lowest BCUT2D eigenvalue weighted by molar-refractivity contribution is -0.745. The number of alkyl halides is 6. The van der Waals surface area contributed by atoms with Gasteiger partial charge in [-0.25, -0.2) is 9.37 Å². The number of nitrogens with one attached hydrogen (secondary N) is 1. The maximum Gasteiger partial charge on any atom is 0.417 e. The van der Waals surface area contributed by atoms with Gasteiger partial charge < -0.3 is 4.98 Å². The molecule has 0 aliphatic heterocycles. The molecule has 0 atom stereocenters. The Balaban J connectivity index is 1.41. The Labute approximate surface area is 204 Å². The predicted octanol–water partition coefficient (Wildman–Crippen LogP) is 6.20. The van der Waals surface area contributed by atoms with Gasteiger partial charge in [0.15, 0.2) is 0 Å². The summed E-state index contributed by atoms with van der Waals surface area (Å²) in [4.78, 5) is 11.5. The van der Waals surface area contributed by atoms with E-state index in [1.54, 1.807) is 24.4 Å². The van der Waals surface area contributed by atoms with Crippen LogP contribution in [0, 0.1) is 5.82 Å². The molecule has 0 aliphatic rings. The molecule has 5 aromatic rings. The Morgan fingerprint density at radius 1 is 0.838 bits per heavy atom. The number of H-pyrrole nitrogens is 1. The number of aromatic amines is 1. The molecular weight excluding hydrogens is 503 g/mol. The van der Waals surface area contributed by atoms with E-state index in [9.17, 15) is 30.7 Å². The molecule has 5 rings (SSSR count). The Kier molecular flexibility index (Phi) is 5.89. The standard InChI is InChI=1S/C25H14F7N5/c26-20-4-2-1-3-18(20)23-35-21-11-34-37(13-22(21)36-23)12-16-7-5-14(10-33-16)17-8-6-15(24(27,28)29)9-19(17)25(30,31)32/h1-11,13H,12H2/p+1. The van der Waals surface area contributed by atoms with Gasteiger partial charge in [-0.15, -0.1) is 0 Å². The summed E-state index contributed by atoms with van der Waals surface area (Å²) < 4.78 is 94.9. The van der Waals surface area contributed by atoms with Gasteiger partial charge in [0.1, 0.15) is 34.6 Å². The Hall–Kier alpha value is -4.35. The number of pyridine rings is 1. The molecule has 188 valence electrons. The first-order valence-corrected chi connectivity index (χ1v) is 10.7. The summed E-state index contributed by atoms with van der Waals surface area (Å²) in [6.07, 6.45) is -5.63. The molecule has 0 spiro atoms. The van der Waals surface area contributed by atoms with E-state index >= 15 is 0 Å². The van der Waals surface area contributed by atoms with Crippen LogP contribution >= 0.6 is 0 Å². The normalized spacial score (nSPS) is 12.3. The first-order valence-electron chi connectivity index (χ1n) is 10.7. The van der Waals surface area contributed by atoms with Crippen molar-refractivity contribution in [2.75, 3.05) is 0 Å². The SMILES string of the molecule is Fc1ccccc1-c1nc2cn[n+](Cc3ccc(-c4ccc(C(F)(F)F)cc4C(F)(F)F)cn3)cc2[nH]1. The number of aromatic nitrogens is 5. The number of imidazole rings is 1. The number of halogens is 7. The molecule has 3 heterocycles. The van der Waals surface area contributed by atoms with Gasteiger partial charge in [0.05, 0.1) is 16.7 Å². The third-order valence-corrected chi connectivity index (χ3v) is 5.61. The van der Waals surface area contributed by atoms with E-state index in [0.29, 0.717) is 34.2 Å². The second-order valence-electron chi connectivity index (χ2n) is 8.13. The maximum absolute atomic E-state index is 14.1. The molecule has 2 aromatic carbocycles. The van der Waals surface area contributed by atoms with E-state index in [-0.39, 0.29) is 18.2 Å². The number of benzene rings is 2. The van der Waals surface area contributed by atoms with Crippen molar-refractivity contribution < 1.29 is 35.4 Å². The van der Waals surface area contributed by atoms with Gasteiger partial charge in [-0.05, 0) is 41.0 Å². The van der Waals surface area contributed by atoms with Crippen molar-refractivity contribution in [2.45, 2.75) is 18.9 Å². The first-order chi connectivity index (χ1) is 17.5. The quantitative estimate of drug-likeness (QED) is 0.228. The fraction of sp³-hybridized carbons (Fsp3) is 0.120. The van der Waals surface area contributed by atoms with Crippen LogP contribution in [0.2, 0.25) is 0 Å². The van der Waals surface area contributed by atoms with Crippen molar-refractivity contribution in [1.82, 2.24) is 20.1 Å². The molecule has 0 saturated carbocycles. The highest BCUT2D eigenvalue weighted by molar-refractivity contribution is 5.77. The zero-order valence-electron chi connectivity index (χ0n) is 18.6. The minimum absolute atomic E-state index is 0.0151. The van der Waals surface area contributed by atoms with Gasteiger partial charge in [-0.1, -0.05) is 28.9 Å². The molecule has 0 amide bonds. The highest BCUT2D eigenvalue weighted by Crippen LogP contribution is 2.40. The minimum atomic E-state index is -4.99. The summed E-state index contributed by atoms with van der Waals surface area (Å²) in [6.45, 7) is 0.142. The second kappa shape index (κ2) is 8.95. The number of nitrogens with zero attached hydrogens (tertiary/aromatic N) is 4. The van der Waals surface area contributed by atoms with Crippen molar-refractivity contribution in [1.29, 1.82) is 0 Å². The van der Waals surface area contributed by atoms with E-state index in [4.69, 9.17) is 0 Å². The zero-order valence-corrected chi connectivity index (χ0v) is 18.6. The van der Waals surface area contributed by atoms with E-state index < -0.39 is 34.9 Å². The molecule has 0 fully saturated rings. The third kappa shape index (κ3) is 4.99. The second-order valence-corrected chi connectivity index (χ2v) is 8.13. The van der Waals surface area contributed by atoms with Gasteiger partial charge in [0.2, 0.25) is 12.7 Å². The summed E-state index contributed by atoms with van der Waals surface area (Å²) in [5, 5.41) is 4.24. The predicted molar refractivity (Wildman–Crippen MR) is 118 cm³/mol. The summed E-state index contributed by atoms with van der Waals surface area (Å²) >= 11 is 0. The molecule has 0 radical (unpaired) electrons. The summed E-state index contributed by atoms with van der Waals surface area (Å²) in [5.74, 6) is -0.111. The van der Waals surface area contributed by atoms with Gasteiger partial charge in [0.25, 0.3) is 0 Å². The van der Waals surface area contributed by atoms with Crippen LogP contribution in [0.15, 0.2) is 73.2 Å². The monoisotopic (exact) mass is 518 g/mol. The van der Waals surface area contributed by atoms with E-state index in [0.717, 1.165) is 6.07 Å². The van der Waals surface area contributed by atoms with Crippen LogP contribution in [-0.2, 0) is 18.9 Å². The molecule has 3 aromatic heterocycles.